The van der Waals surface area contributed by atoms with Gasteiger partial charge in [-0.25, -0.2) is 4.79 Å². The number of esters is 1. The number of carbonyl (C=O) groups excluding carboxylic acids is 3. The van der Waals surface area contributed by atoms with Crippen LogP contribution in [0.2, 0.25) is 0 Å². The number of alkyl halides is 2. The molecule has 0 bridgehead atoms. The zero-order valence-corrected chi connectivity index (χ0v) is 15.8. The largest absolute Gasteiger partial charge is 0.452 e. The molecule has 29 heavy (non-hydrogen) atoms. The maximum Gasteiger partial charge on any atom is 0.387 e. The quantitative estimate of drug-likeness (QED) is 0.658. The van der Waals surface area contributed by atoms with E-state index in [0.29, 0.717) is 5.69 Å². The number of nitrogens with one attached hydrogen (secondary N) is 2. The predicted molar refractivity (Wildman–Crippen MR) is 101 cm³/mol. The van der Waals surface area contributed by atoms with Crippen LogP contribution in [0.4, 0.5) is 14.5 Å². The van der Waals surface area contributed by atoms with Gasteiger partial charge in [0.15, 0.2) is 6.61 Å². The van der Waals surface area contributed by atoms with Crippen LogP contribution in [0.3, 0.4) is 0 Å². The zero-order chi connectivity index (χ0) is 21.4. The van der Waals surface area contributed by atoms with E-state index in [9.17, 15) is 23.2 Å². The number of rotatable bonds is 8. The Labute approximate surface area is 166 Å². The van der Waals surface area contributed by atoms with Crippen LogP contribution in [0.15, 0.2) is 42.5 Å². The van der Waals surface area contributed by atoms with Crippen molar-refractivity contribution in [3.05, 3.63) is 59.2 Å². The maximum absolute atomic E-state index is 12.4. The monoisotopic (exact) mass is 406 g/mol. The zero-order valence-electron chi connectivity index (χ0n) is 15.8. The highest BCUT2D eigenvalue weighted by atomic mass is 19.3. The third kappa shape index (κ3) is 6.56. The van der Waals surface area contributed by atoms with Crippen LogP contribution in [0.1, 0.15) is 21.5 Å². The first-order valence-electron chi connectivity index (χ1n) is 8.61. The van der Waals surface area contributed by atoms with Crippen molar-refractivity contribution < 1.29 is 32.6 Å². The van der Waals surface area contributed by atoms with Gasteiger partial charge in [-0.15, -0.1) is 0 Å². The lowest BCUT2D eigenvalue weighted by atomic mass is 10.1. The van der Waals surface area contributed by atoms with Crippen LogP contribution in [0.25, 0.3) is 0 Å². The maximum atomic E-state index is 12.4. The van der Waals surface area contributed by atoms with E-state index in [1.165, 1.54) is 24.3 Å². The first-order chi connectivity index (χ1) is 13.8. The second-order valence-corrected chi connectivity index (χ2v) is 6.04. The molecule has 0 radical (unpaired) electrons. The Balaban J connectivity index is 1.83. The molecule has 0 heterocycles. The Morgan fingerprint density at radius 1 is 0.966 bits per heavy atom. The van der Waals surface area contributed by atoms with Crippen molar-refractivity contribution >= 4 is 23.5 Å². The number of para-hydroxylation sites is 2. The number of aryl methyl sites for hydroxylation is 2. The lowest BCUT2D eigenvalue weighted by molar-refractivity contribution is -0.126. The van der Waals surface area contributed by atoms with Crippen molar-refractivity contribution in [2.24, 2.45) is 0 Å². The number of carbonyl (C=O) groups is 3. The molecular formula is C20H20F2N2O5. The fourth-order valence-corrected chi connectivity index (χ4v) is 2.47. The number of hydrogen-bond donors (Lipinski definition) is 2. The van der Waals surface area contributed by atoms with E-state index in [-0.39, 0.29) is 17.9 Å². The standard InChI is InChI=1S/C20H20F2N2O5/c1-12-6-5-7-13(2)18(12)24-16(25)10-23-17(26)11-28-19(27)14-8-3-4-9-15(14)29-20(21)22/h3-9,20H,10-11H2,1-2H3,(H,23,26)(H,24,25). The summed E-state index contributed by atoms with van der Waals surface area (Å²) in [4.78, 5) is 35.8. The van der Waals surface area contributed by atoms with Crippen molar-refractivity contribution in [3.8, 4) is 5.75 Å². The summed E-state index contributed by atoms with van der Waals surface area (Å²) in [6.45, 7) is -0.428. The number of benzene rings is 2. The second-order valence-electron chi connectivity index (χ2n) is 6.04. The van der Waals surface area contributed by atoms with E-state index in [1.54, 1.807) is 0 Å². The highest BCUT2D eigenvalue weighted by Gasteiger charge is 2.18. The van der Waals surface area contributed by atoms with Crippen molar-refractivity contribution in [3.63, 3.8) is 0 Å². The summed E-state index contributed by atoms with van der Waals surface area (Å²) in [6.07, 6.45) is 0. The molecule has 0 atom stereocenters. The van der Waals surface area contributed by atoms with Crippen molar-refractivity contribution in [2.75, 3.05) is 18.5 Å². The Hall–Kier alpha value is -3.49. The van der Waals surface area contributed by atoms with Gasteiger partial charge in [0.25, 0.3) is 5.91 Å². The van der Waals surface area contributed by atoms with Gasteiger partial charge in [-0.1, -0.05) is 30.3 Å². The predicted octanol–water partition coefficient (Wildman–Crippen LogP) is 2.82. The normalized spacial score (nSPS) is 10.4. The fraction of sp³-hybridized carbons (Fsp3) is 0.250. The van der Waals surface area contributed by atoms with Crippen molar-refractivity contribution in [1.82, 2.24) is 5.32 Å². The third-order valence-electron chi connectivity index (χ3n) is 3.85. The lowest BCUT2D eigenvalue weighted by Gasteiger charge is -2.12. The van der Waals surface area contributed by atoms with Crippen molar-refractivity contribution in [1.29, 1.82) is 0 Å². The molecule has 9 heteroatoms. The fourth-order valence-electron chi connectivity index (χ4n) is 2.47. The van der Waals surface area contributed by atoms with Gasteiger partial charge < -0.3 is 20.1 Å². The Kier molecular flexibility index (Phi) is 7.64. The highest BCUT2D eigenvalue weighted by Crippen LogP contribution is 2.21. The average molecular weight is 406 g/mol. The van der Waals surface area contributed by atoms with E-state index >= 15 is 0 Å². The molecule has 0 saturated heterocycles. The second kappa shape index (κ2) is 10.2. The molecule has 2 N–H and O–H groups in total. The number of ether oxygens (including phenoxy) is 2. The van der Waals surface area contributed by atoms with Gasteiger partial charge in [-0.3, -0.25) is 9.59 Å². The van der Waals surface area contributed by atoms with Gasteiger partial charge in [-0.05, 0) is 37.1 Å². The van der Waals surface area contributed by atoms with E-state index in [0.717, 1.165) is 11.1 Å². The molecule has 7 nitrogen and oxygen atoms in total. The van der Waals surface area contributed by atoms with E-state index in [1.807, 2.05) is 32.0 Å². The van der Waals surface area contributed by atoms with Gasteiger partial charge >= 0.3 is 12.6 Å². The number of amides is 2. The van der Waals surface area contributed by atoms with Crippen LogP contribution in [-0.2, 0) is 14.3 Å². The van der Waals surface area contributed by atoms with Crippen LogP contribution in [0.5, 0.6) is 5.75 Å². The van der Waals surface area contributed by atoms with Crippen LogP contribution < -0.4 is 15.4 Å². The summed E-state index contributed by atoms with van der Waals surface area (Å²) < 4.78 is 33.8. The van der Waals surface area contributed by atoms with Gasteiger partial charge in [0.2, 0.25) is 5.91 Å². The molecule has 2 rings (SSSR count). The minimum atomic E-state index is -3.11. The minimum Gasteiger partial charge on any atom is -0.452 e. The molecule has 0 fully saturated rings. The van der Waals surface area contributed by atoms with Gasteiger partial charge in [0.05, 0.1) is 6.54 Å². The SMILES string of the molecule is Cc1cccc(C)c1NC(=O)CNC(=O)COC(=O)c1ccccc1OC(F)F. The summed E-state index contributed by atoms with van der Waals surface area (Å²) in [5.74, 6) is -2.53. The highest BCUT2D eigenvalue weighted by molar-refractivity contribution is 5.97. The molecule has 0 aliphatic carbocycles. The molecule has 0 aromatic heterocycles. The molecule has 0 aliphatic rings. The summed E-state index contributed by atoms with van der Waals surface area (Å²) in [5, 5.41) is 5.02. The van der Waals surface area contributed by atoms with Crippen molar-refractivity contribution in [2.45, 2.75) is 20.5 Å². The first-order valence-corrected chi connectivity index (χ1v) is 8.61. The first kappa shape index (κ1) is 21.8. The van der Waals surface area contributed by atoms with Crippen LogP contribution in [0, 0.1) is 13.8 Å². The summed E-state index contributed by atoms with van der Waals surface area (Å²) in [7, 11) is 0. The molecule has 2 aromatic rings. The molecule has 2 amide bonds. The number of hydrogen-bond acceptors (Lipinski definition) is 5. The van der Waals surface area contributed by atoms with Gasteiger partial charge in [-0.2, -0.15) is 8.78 Å². The topological polar surface area (TPSA) is 93.7 Å². The molecule has 0 saturated carbocycles. The van der Waals surface area contributed by atoms with E-state index in [2.05, 4.69) is 15.4 Å². The molecule has 154 valence electrons. The average Bonchev–Trinajstić information content (AvgIpc) is 2.67. The summed E-state index contributed by atoms with van der Waals surface area (Å²) in [6, 6.07) is 10.8. The molecule has 2 aromatic carbocycles. The van der Waals surface area contributed by atoms with E-state index in [4.69, 9.17) is 4.74 Å². The summed E-state index contributed by atoms with van der Waals surface area (Å²) in [5.41, 5.74) is 2.17. The summed E-state index contributed by atoms with van der Waals surface area (Å²) >= 11 is 0. The molecule has 0 spiro atoms. The Bertz CT molecular complexity index is 882. The third-order valence-corrected chi connectivity index (χ3v) is 3.85. The lowest BCUT2D eigenvalue weighted by Crippen LogP contribution is -2.35. The van der Waals surface area contributed by atoms with Crippen LogP contribution >= 0.6 is 0 Å². The Morgan fingerprint density at radius 3 is 2.28 bits per heavy atom. The number of halogens is 2. The smallest absolute Gasteiger partial charge is 0.387 e. The molecule has 0 aliphatic heterocycles. The molecular weight excluding hydrogens is 386 g/mol. The minimum absolute atomic E-state index is 0.242. The van der Waals surface area contributed by atoms with Gasteiger partial charge in [0.1, 0.15) is 11.3 Å². The Morgan fingerprint density at radius 2 is 1.62 bits per heavy atom. The van der Waals surface area contributed by atoms with E-state index < -0.39 is 31.0 Å². The number of anilines is 1. The molecule has 0 unspecified atom stereocenters. The van der Waals surface area contributed by atoms with Crippen LogP contribution in [-0.4, -0.2) is 37.5 Å². The van der Waals surface area contributed by atoms with Gasteiger partial charge in [0, 0.05) is 5.69 Å².